The van der Waals surface area contributed by atoms with Gasteiger partial charge in [0.25, 0.3) is 5.91 Å². The molecule has 0 unspecified atom stereocenters. The smallest absolute Gasteiger partial charge is 0.374 e. The first-order chi connectivity index (χ1) is 10.6. The minimum absolute atomic E-state index is 0.00928. The molecule has 1 aromatic heterocycles. The third kappa shape index (κ3) is 5.09. The van der Waals surface area contributed by atoms with E-state index in [1.165, 1.54) is 17.9 Å². The lowest BCUT2D eigenvalue weighted by atomic mass is 10.1. The number of amides is 1. The quantitative estimate of drug-likeness (QED) is 0.798. The second-order valence-corrected chi connectivity index (χ2v) is 5.05. The number of esters is 1. The minimum atomic E-state index is -0.642. The Hall–Kier alpha value is -2.56. The molecule has 0 aliphatic heterocycles. The highest BCUT2D eigenvalue weighted by Gasteiger charge is 2.13. The van der Waals surface area contributed by atoms with Crippen LogP contribution < -0.4 is 5.32 Å². The Morgan fingerprint density at radius 2 is 1.95 bits per heavy atom. The average molecular weight is 301 g/mol. The Bertz CT molecular complexity index is 592. The molecule has 1 N–H and O–H groups in total. The molecule has 2 rings (SSSR count). The summed E-state index contributed by atoms with van der Waals surface area (Å²) in [6.07, 6.45) is 3.08. The van der Waals surface area contributed by atoms with Crippen LogP contribution in [-0.2, 0) is 16.0 Å². The van der Waals surface area contributed by atoms with Crippen molar-refractivity contribution in [3.8, 4) is 0 Å². The van der Waals surface area contributed by atoms with Gasteiger partial charge in [-0.15, -0.1) is 0 Å². The van der Waals surface area contributed by atoms with E-state index >= 15 is 0 Å². The van der Waals surface area contributed by atoms with Crippen LogP contribution in [-0.4, -0.2) is 24.5 Å². The van der Waals surface area contributed by atoms with Gasteiger partial charge in [-0.1, -0.05) is 30.3 Å². The van der Waals surface area contributed by atoms with Gasteiger partial charge in [0.05, 0.1) is 6.26 Å². The molecule has 1 atom stereocenters. The second kappa shape index (κ2) is 8.02. The van der Waals surface area contributed by atoms with Crippen molar-refractivity contribution in [2.24, 2.45) is 0 Å². The van der Waals surface area contributed by atoms with Crippen molar-refractivity contribution in [1.29, 1.82) is 0 Å². The van der Waals surface area contributed by atoms with Crippen LogP contribution in [0.25, 0.3) is 0 Å². The summed E-state index contributed by atoms with van der Waals surface area (Å²) in [4.78, 5) is 23.2. The van der Waals surface area contributed by atoms with Gasteiger partial charge < -0.3 is 14.5 Å². The zero-order valence-corrected chi connectivity index (χ0v) is 12.5. The monoisotopic (exact) mass is 301 g/mol. The number of benzene rings is 1. The number of aryl methyl sites for hydroxylation is 1. The molecule has 0 saturated carbocycles. The van der Waals surface area contributed by atoms with Gasteiger partial charge in [-0.05, 0) is 37.5 Å². The highest BCUT2D eigenvalue weighted by atomic mass is 16.5. The Morgan fingerprint density at radius 3 is 2.64 bits per heavy atom. The van der Waals surface area contributed by atoms with E-state index in [2.05, 4.69) is 17.4 Å². The Kier molecular flexibility index (Phi) is 5.77. The highest BCUT2D eigenvalue weighted by Crippen LogP contribution is 2.05. The zero-order valence-electron chi connectivity index (χ0n) is 12.5. The SMILES string of the molecule is C[C@@H](CCc1ccccc1)NC(=O)COC(=O)c1ccco1. The molecule has 0 aliphatic carbocycles. The fraction of sp³-hybridized carbons (Fsp3) is 0.294. The van der Waals surface area contributed by atoms with E-state index < -0.39 is 5.97 Å². The summed E-state index contributed by atoms with van der Waals surface area (Å²) >= 11 is 0. The summed E-state index contributed by atoms with van der Waals surface area (Å²) < 4.78 is 9.76. The van der Waals surface area contributed by atoms with E-state index in [1.54, 1.807) is 6.07 Å². The summed E-state index contributed by atoms with van der Waals surface area (Å²) in [6.45, 7) is 1.62. The fourth-order valence-corrected chi connectivity index (χ4v) is 2.01. The first-order valence-corrected chi connectivity index (χ1v) is 7.19. The molecule has 5 heteroatoms. The summed E-state index contributed by atoms with van der Waals surface area (Å²) in [5.41, 5.74) is 1.23. The van der Waals surface area contributed by atoms with Crippen LogP contribution in [0.2, 0.25) is 0 Å². The van der Waals surface area contributed by atoms with Gasteiger partial charge in [0.1, 0.15) is 0 Å². The molecule has 0 aliphatic rings. The van der Waals surface area contributed by atoms with Crippen molar-refractivity contribution < 1.29 is 18.7 Å². The van der Waals surface area contributed by atoms with Gasteiger partial charge in [-0.25, -0.2) is 4.79 Å². The summed E-state index contributed by atoms with van der Waals surface area (Å²) in [5, 5.41) is 2.80. The molecule has 2 aromatic rings. The molecule has 0 radical (unpaired) electrons. The standard InChI is InChI=1S/C17H19NO4/c1-13(9-10-14-6-3-2-4-7-14)18-16(19)12-22-17(20)15-8-5-11-21-15/h2-8,11,13H,9-10,12H2,1H3,(H,18,19)/t13-/m0/s1. The summed E-state index contributed by atoms with van der Waals surface area (Å²) in [6, 6.07) is 13.2. The number of hydrogen-bond donors (Lipinski definition) is 1. The van der Waals surface area contributed by atoms with E-state index in [0.29, 0.717) is 0 Å². The molecule has 0 fully saturated rings. The molecule has 0 saturated heterocycles. The number of carbonyl (C=O) groups is 2. The highest BCUT2D eigenvalue weighted by molar-refractivity contribution is 5.88. The van der Waals surface area contributed by atoms with E-state index in [1.807, 2.05) is 25.1 Å². The minimum Gasteiger partial charge on any atom is -0.457 e. The number of hydrogen-bond acceptors (Lipinski definition) is 4. The van der Waals surface area contributed by atoms with Crippen molar-refractivity contribution in [2.45, 2.75) is 25.8 Å². The molecule has 1 heterocycles. The number of furan rings is 1. The third-order valence-electron chi connectivity index (χ3n) is 3.17. The number of ether oxygens (including phenoxy) is 1. The lowest BCUT2D eigenvalue weighted by Crippen LogP contribution is -2.36. The zero-order chi connectivity index (χ0) is 15.8. The molecule has 0 spiro atoms. The maximum Gasteiger partial charge on any atom is 0.374 e. The second-order valence-electron chi connectivity index (χ2n) is 5.05. The number of nitrogens with one attached hydrogen (secondary N) is 1. The van der Waals surface area contributed by atoms with Gasteiger partial charge in [-0.2, -0.15) is 0 Å². The van der Waals surface area contributed by atoms with Gasteiger partial charge in [0.15, 0.2) is 6.61 Å². The van der Waals surface area contributed by atoms with Crippen LogP contribution in [0.5, 0.6) is 0 Å². The topological polar surface area (TPSA) is 68.5 Å². The van der Waals surface area contributed by atoms with Crippen LogP contribution in [0.1, 0.15) is 29.5 Å². The molecule has 5 nitrogen and oxygen atoms in total. The normalized spacial score (nSPS) is 11.7. The van der Waals surface area contributed by atoms with Crippen LogP contribution in [0.15, 0.2) is 53.1 Å². The van der Waals surface area contributed by atoms with Crippen molar-refractivity contribution in [3.05, 3.63) is 60.1 Å². The maximum atomic E-state index is 11.7. The molecule has 116 valence electrons. The number of carbonyl (C=O) groups excluding carboxylic acids is 2. The first kappa shape index (κ1) is 15.8. The maximum absolute atomic E-state index is 11.7. The predicted molar refractivity (Wildman–Crippen MR) is 81.4 cm³/mol. The number of rotatable bonds is 7. The summed E-state index contributed by atoms with van der Waals surface area (Å²) in [5.74, 6) is -0.873. The van der Waals surface area contributed by atoms with Crippen LogP contribution in [0.3, 0.4) is 0 Å². The molecule has 1 aromatic carbocycles. The molecular formula is C17H19NO4. The van der Waals surface area contributed by atoms with Gasteiger partial charge in [0, 0.05) is 6.04 Å². The summed E-state index contributed by atoms with van der Waals surface area (Å²) in [7, 11) is 0. The predicted octanol–water partition coefficient (Wildman–Crippen LogP) is 2.57. The van der Waals surface area contributed by atoms with Gasteiger partial charge >= 0.3 is 5.97 Å². The third-order valence-corrected chi connectivity index (χ3v) is 3.17. The van der Waals surface area contributed by atoms with Gasteiger partial charge in [0.2, 0.25) is 5.76 Å². The van der Waals surface area contributed by atoms with Crippen molar-refractivity contribution in [3.63, 3.8) is 0 Å². The van der Waals surface area contributed by atoms with Crippen LogP contribution in [0.4, 0.5) is 0 Å². The molecular weight excluding hydrogens is 282 g/mol. The van der Waals surface area contributed by atoms with Crippen LogP contribution >= 0.6 is 0 Å². The van der Waals surface area contributed by atoms with Crippen molar-refractivity contribution in [2.75, 3.05) is 6.61 Å². The lowest BCUT2D eigenvalue weighted by Gasteiger charge is -2.13. The fourth-order valence-electron chi connectivity index (χ4n) is 2.01. The Morgan fingerprint density at radius 1 is 1.18 bits per heavy atom. The molecule has 0 bridgehead atoms. The van der Waals surface area contributed by atoms with Crippen molar-refractivity contribution >= 4 is 11.9 Å². The molecule has 22 heavy (non-hydrogen) atoms. The molecule has 1 amide bonds. The van der Waals surface area contributed by atoms with E-state index in [9.17, 15) is 9.59 Å². The van der Waals surface area contributed by atoms with E-state index in [0.717, 1.165) is 12.8 Å². The average Bonchev–Trinajstić information content (AvgIpc) is 3.06. The van der Waals surface area contributed by atoms with E-state index in [-0.39, 0.29) is 24.3 Å². The van der Waals surface area contributed by atoms with Crippen LogP contribution in [0, 0.1) is 0 Å². The first-order valence-electron chi connectivity index (χ1n) is 7.19. The largest absolute Gasteiger partial charge is 0.457 e. The van der Waals surface area contributed by atoms with Gasteiger partial charge in [-0.3, -0.25) is 4.79 Å². The van der Waals surface area contributed by atoms with Crippen molar-refractivity contribution in [1.82, 2.24) is 5.32 Å². The lowest BCUT2D eigenvalue weighted by molar-refractivity contribution is -0.124. The Balaban J connectivity index is 1.67. The van der Waals surface area contributed by atoms with E-state index in [4.69, 9.17) is 9.15 Å². The Labute approximate surface area is 129 Å².